The summed E-state index contributed by atoms with van der Waals surface area (Å²) in [5.41, 5.74) is 6.15. The smallest absolute Gasteiger partial charge is 0.273 e. The Morgan fingerprint density at radius 2 is 1.98 bits per heavy atom. The molecule has 1 aliphatic carbocycles. The van der Waals surface area contributed by atoms with E-state index in [1.54, 1.807) is 32.2 Å². The Morgan fingerprint density at radius 3 is 2.61 bits per heavy atom. The maximum absolute atomic E-state index is 15.4. The summed E-state index contributed by atoms with van der Waals surface area (Å²) in [5, 5.41) is -0.0569. The molecule has 1 saturated heterocycles. The second-order valence-electron chi connectivity index (χ2n) is 9.49. The largest absolute Gasteiger partial charge is 0.396 e. The number of nitrogens with two attached hydrogens (primary N) is 1. The average Bonchev–Trinajstić information content (AvgIpc) is 3.77. The summed E-state index contributed by atoms with van der Waals surface area (Å²) < 4.78 is 49.7. The van der Waals surface area contributed by atoms with Gasteiger partial charge in [-0.1, -0.05) is 23.7 Å². The van der Waals surface area contributed by atoms with E-state index in [0.717, 1.165) is 35.7 Å². The van der Waals surface area contributed by atoms with Crippen LogP contribution in [0.1, 0.15) is 47.6 Å². The molecule has 216 valence electrons. The maximum atomic E-state index is 15.4. The van der Waals surface area contributed by atoms with Crippen LogP contribution in [0.25, 0.3) is 6.20 Å². The van der Waals surface area contributed by atoms with Crippen molar-refractivity contribution in [1.82, 2.24) is 9.55 Å². The molecule has 1 saturated carbocycles. The number of anilines is 1. The van der Waals surface area contributed by atoms with Crippen LogP contribution in [0.5, 0.6) is 0 Å². The van der Waals surface area contributed by atoms with E-state index in [9.17, 15) is 13.6 Å². The summed E-state index contributed by atoms with van der Waals surface area (Å²) in [7, 11) is 0. The molecule has 2 unspecified atom stereocenters. The van der Waals surface area contributed by atoms with Crippen molar-refractivity contribution in [2.45, 2.75) is 32.1 Å². The summed E-state index contributed by atoms with van der Waals surface area (Å²) >= 11 is 8.38. The highest BCUT2D eigenvalue weighted by Gasteiger charge is 2.41. The van der Waals surface area contributed by atoms with E-state index in [1.807, 2.05) is 11.8 Å². The van der Waals surface area contributed by atoms with Gasteiger partial charge in [-0.25, -0.2) is 13.2 Å². The number of allylic oxidation sites excluding steroid dienone is 2. The minimum Gasteiger partial charge on any atom is -0.396 e. The van der Waals surface area contributed by atoms with Crippen molar-refractivity contribution in [2.24, 2.45) is 4.99 Å². The zero-order chi connectivity index (χ0) is 29.5. The number of rotatable bonds is 6. The molecule has 3 heterocycles. The fraction of sp³-hybridized carbons (Fsp3) is 0.300. The van der Waals surface area contributed by atoms with Gasteiger partial charge < -0.3 is 10.5 Å². The summed E-state index contributed by atoms with van der Waals surface area (Å²) in [5.74, 6) is 0.108. The first-order valence-corrected chi connectivity index (χ1v) is 14.5. The molecule has 1 aromatic carbocycles. The fourth-order valence-corrected chi connectivity index (χ4v) is 5.43. The van der Waals surface area contributed by atoms with E-state index < -0.39 is 23.0 Å². The van der Waals surface area contributed by atoms with Gasteiger partial charge in [0, 0.05) is 35.2 Å². The number of benzene rings is 1. The number of halogens is 4. The monoisotopic (exact) mass is 602 g/mol. The summed E-state index contributed by atoms with van der Waals surface area (Å²) in [4.78, 5) is 21.0. The zero-order valence-corrected chi connectivity index (χ0v) is 24.2. The van der Waals surface area contributed by atoms with Gasteiger partial charge in [0.05, 0.1) is 31.3 Å². The Balaban J connectivity index is 0.000000572. The van der Waals surface area contributed by atoms with Crippen LogP contribution in [0.15, 0.2) is 70.6 Å². The van der Waals surface area contributed by atoms with E-state index in [4.69, 9.17) is 22.1 Å². The molecular weight excluding hydrogens is 573 g/mol. The Morgan fingerprint density at radius 1 is 1.22 bits per heavy atom. The molecule has 0 bridgehead atoms. The molecule has 2 atom stereocenters. The predicted molar refractivity (Wildman–Crippen MR) is 160 cm³/mol. The van der Waals surface area contributed by atoms with Gasteiger partial charge >= 0.3 is 0 Å². The van der Waals surface area contributed by atoms with Gasteiger partial charge in [0.1, 0.15) is 16.6 Å². The molecule has 2 aromatic heterocycles. The molecule has 11 heteroatoms. The van der Waals surface area contributed by atoms with Gasteiger partial charge in [-0.2, -0.15) is 11.8 Å². The fourth-order valence-electron chi connectivity index (χ4n) is 4.47. The summed E-state index contributed by atoms with van der Waals surface area (Å²) in [6, 6.07) is 7.30. The Hall–Kier alpha value is -3.34. The van der Waals surface area contributed by atoms with Crippen molar-refractivity contribution in [3.63, 3.8) is 0 Å². The van der Waals surface area contributed by atoms with Gasteiger partial charge in [-0.05, 0) is 67.5 Å². The molecule has 6 nitrogen and oxygen atoms in total. The molecular formula is C30H30ClF3N4O2S. The number of aliphatic imine (C=N–C) groups is 1. The van der Waals surface area contributed by atoms with Crippen LogP contribution in [-0.4, -0.2) is 40.0 Å². The Bertz CT molecular complexity index is 1540. The van der Waals surface area contributed by atoms with Crippen LogP contribution in [0.3, 0.4) is 0 Å². The number of aromatic nitrogens is 2. The van der Waals surface area contributed by atoms with Crippen LogP contribution < -0.4 is 11.3 Å². The second kappa shape index (κ2) is 14.0. The average molecular weight is 603 g/mol. The quantitative estimate of drug-likeness (QED) is 0.246. The normalized spacial score (nSPS) is 19.2. The zero-order valence-electron chi connectivity index (χ0n) is 22.6. The molecule has 1 aliphatic heterocycles. The number of hydrogen-bond acceptors (Lipinski definition) is 6. The number of pyridine rings is 2. The third-order valence-electron chi connectivity index (χ3n) is 6.60. The van der Waals surface area contributed by atoms with Crippen molar-refractivity contribution in [1.29, 1.82) is 0 Å². The van der Waals surface area contributed by atoms with Crippen molar-refractivity contribution in [3.05, 3.63) is 110 Å². The molecule has 0 amide bonds. The number of ether oxygens (including phenoxy) is 1. The molecule has 2 aliphatic rings. The lowest BCUT2D eigenvalue weighted by Crippen LogP contribution is -2.21. The maximum Gasteiger partial charge on any atom is 0.273 e. The van der Waals surface area contributed by atoms with Gasteiger partial charge in [0.15, 0.2) is 11.6 Å². The van der Waals surface area contributed by atoms with Crippen LogP contribution in [0, 0.1) is 18.6 Å². The van der Waals surface area contributed by atoms with E-state index in [1.165, 1.54) is 42.0 Å². The first-order chi connectivity index (χ1) is 19.7. The van der Waals surface area contributed by atoms with Crippen molar-refractivity contribution >= 4 is 41.0 Å². The lowest BCUT2D eigenvalue weighted by molar-refractivity contribution is 0.161. The number of nitrogens with zero attached hydrogens (tertiary/aromatic N) is 3. The molecule has 2 N–H and O–H groups in total. The lowest BCUT2D eigenvalue weighted by Gasteiger charge is -2.12. The number of aryl methyl sites for hydroxylation is 1. The highest BCUT2D eigenvalue weighted by Crippen LogP contribution is 2.55. The van der Waals surface area contributed by atoms with Gasteiger partial charge in [-0.3, -0.25) is 19.3 Å². The predicted octanol–water partition coefficient (Wildman–Crippen LogP) is 6.88. The standard InChI is InChI=1S/C26H22ClF3N4O.C4H8OS/c1-3-7-33-25(17-5-4-6-22(31)24(17)30)21(29)13-34-14(2)8-20(23(27)26(34)35)19-10-18(19)15-9-16(28)12-32-11-15;1-3-6-4-2-5-1/h3-9,11-13,18-19H,10,31H2,1-2H3;1-4H2/b7-3+,21-13-,33-25+;. The van der Waals surface area contributed by atoms with Crippen molar-refractivity contribution in [3.8, 4) is 0 Å². The third kappa shape index (κ3) is 7.49. The first kappa shape index (κ1) is 30.6. The number of nitrogen functional groups attached to an aromatic ring is 1. The number of hydrogen-bond donors (Lipinski definition) is 1. The molecule has 0 spiro atoms. The van der Waals surface area contributed by atoms with Crippen LogP contribution in [-0.2, 0) is 4.74 Å². The van der Waals surface area contributed by atoms with Crippen molar-refractivity contribution < 1.29 is 17.9 Å². The van der Waals surface area contributed by atoms with E-state index >= 15 is 4.39 Å². The lowest BCUT2D eigenvalue weighted by atomic mass is 10.1. The van der Waals surface area contributed by atoms with Crippen LogP contribution in [0.4, 0.5) is 18.9 Å². The first-order valence-electron chi connectivity index (χ1n) is 13.0. The molecule has 5 rings (SSSR count). The van der Waals surface area contributed by atoms with E-state index in [2.05, 4.69) is 9.98 Å². The van der Waals surface area contributed by atoms with Crippen molar-refractivity contribution in [2.75, 3.05) is 30.5 Å². The molecule has 3 aromatic rings. The highest BCUT2D eigenvalue weighted by molar-refractivity contribution is 7.99. The third-order valence-corrected chi connectivity index (χ3v) is 7.89. The molecule has 41 heavy (non-hydrogen) atoms. The van der Waals surface area contributed by atoms with Gasteiger partial charge in [0.25, 0.3) is 5.56 Å². The Kier molecular flexibility index (Phi) is 10.5. The van der Waals surface area contributed by atoms with E-state index in [0.29, 0.717) is 17.7 Å². The van der Waals surface area contributed by atoms with E-state index in [-0.39, 0.29) is 33.8 Å². The van der Waals surface area contributed by atoms with Gasteiger partial charge in [0.2, 0.25) is 0 Å². The minimum atomic E-state index is -0.947. The highest BCUT2D eigenvalue weighted by atomic mass is 35.5. The van der Waals surface area contributed by atoms with Gasteiger partial charge in [-0.15, -0.1) is 0 Å². The van der Waals surface area contributed by atoms with Crippen LogP contribution in [0.2, 0.25) is 5.02 Å². The second-order valence-corrected chi connectivity index (χ2v) is 11.1. The summed E-state index contributed by atoms with van der Waals surface area (Å²) in [6.45, 7) is 5.24. The summed E-state index contributed by atoms with van der Waals surface area (Å²) in [6.07, 6.45) is 7.21. The minimum absolute atomic E-state index is 0.0105. The topological polar surface area (TPSA) is 82.5 Å². The molecule has 0 radical (unpaired) electrons. The Labute approximate surface area is 245 Å². The SMILES string of the molecule is C/C=C/N=C(/C(F)=C/n1c(C)cc(C2CC2c2cncc(F)c2)c(Cl)c1=O)c1cccc(N)c1F.C1CSCCO1. The van der Waals surface area contributed by atoms with Crippen LogP contribution >= 0.6 is 23.4 Å². The molecule has 2 fully saturated rings. The number of thioether (sulfide) groups is 1.